The van der Waals surface area contributed by atoms with Crippen LogP contribution in [0.25, 0.3) is 5.65 Å². The van der Waals surface area contributed by atoms with Gasteiger partial charge < -0.3 is 10.2 Å². The van der Waals surface area contributed by atoms with Gasteiger partial charge in [0, 0.05) is 26.1 Å². The molecule has 0 aromatic carbocycles. The number of nitrogens with one attached hydrogen (secondary N) is 1. The second-order valence-electron chi connectivity index (χ2n) is 5.45. The van der Waals surface area contributed by atoms with Gasteiger partial charge in [-0.2, -0.15) is 9.61 Å². The van der Waals surface area contributed by atoms with E-state index in [9.17, 15) is 4.79 Å². The van der Waals surface area contributed by atoms with Gasteiger partial charge in [-0.3, -0.25) is 4.79 Å². The van der Waals surface area contributed by atoms with Crippen LogP contribution in [-0.4, -0.2) is 50.3 Å². The third-order valence-electron chi connectivity index (χ3n) is 4.01. The maximum absolute atomic E-state index is 11.6. The van der Waals surface area contributed by atoms with Crippen LogP contribution in [0.2, 0.25) is 0 Å². The Morgan fingerprint density at radius 2 is 2.24 bits per heavy atom. The van der Waals surface area contributed by atoms with Gasteiger partial charge in [0.25, 0.3) is 0 Å². The van der Waals surface area contributed by atoms with E-state index in [0.717, 1.165) is 55.1 Å². The molecule has 3 rings (SSSR count). The molecule has 1 amide bonds. The Hall–Kier alpha value is -2.18. The summed E-state index contributed by atoms with van der Waals surface area (Å²) in [4.78, 5) is 13.5. The van der Waals surface area contributed by atoms with Crippen molar-refractivity contribution in [2.24, 2.45) is 0 Å². The number of aryl methyl sites for hydroxylation is 1. The molecule has 0 spiro atoms. The minimum absolute atomic E-state index is 0.283. The molecule has 0 bridgehead atoms. The maximum Gasteiger partial charge on any atom is 0.222 e. The zero-order chi connectivity index (χ0) is 14.8. The third kappa shape index (κ3) is 2.68. The van der Waals surface area contributed by atoms with Gasteiger partial charge >= 0.3 is 0 Å². The van der Waals surface area contributed by atoms with Gasteiger partial charge in [-0.05, 0) is 32.3 Å². The molecule has 1 saturated heterocycles. The first-order valence-electron chi connectivity index (χ1n) is 7.35. The number of rotatable bonds is 5. The molecule has 1 aliphatic rings. The summed E-state index contributed by atoms with van der Waals surface area (Å²) in [6.45, 7) is 6.53. The van der Waals surface area contributed by atoms with Crippen molar-refractivity contribution in [3.63, 3.8) is 0 Å². The van der Waals surface area contributed by atoms with Crippen LogP contribution in [-0.2, 0) is 4.79 Å². The first-order chi connectivity index (χ1) is 10.2. The summed E-state index contributed by atoms with van der Waals surface area (Å²) in [7, 11) is 0. The lowest BCUT2D eigenvalue weighted by Gasteiger charge is -2.16. The quantitative estimate of drug-likeness (QED) is 0.836. The average Bonchev–Trinajstić information content (AvgIpc) is 3.07. The van der Waals surface area contributed by atoms with Crippen molar-refractivity contribution in [1.82, 2.24) is 24.7 Å². The average molecular weight is 288 g/mol. The van der Waals surface area contributed by atoms with E-state index in [1.165, 1.54) is 0 Å². The molecule has 1 aliphatic heterocycles. The monoisotopic (exact) mass is 288 g/mol. The predicted molar refractivity (Wildman–Crippen MR) is 79.2 cm³/mol. The SMILES string of the molecule is Cc1nn2cnnc2c(NCCCN2CCCC2=O)c1C. The van der Waals surface area contributed by atoms with Crippen molar-refractivity contribution in [3.05, 3.63) is 17.6 Å². The van der Waals surface area contributed by atoms with Gasteiger partial charge in [0.1, 0.15) is 6.33 Å². The highest BCUT2D eigenvalue weighted by Crippen LogP contribution is 2.21. The van der Waals surface area contributed by atoms with Crippen molar-refractivity contribution in [2.75, 3.05) is 25.0 Å². The standard InChI is InChI=1S/C14H20N6O/c1-10-11(2)18-20-9-16-17-14(20)13(10)15-6-4-8-19-7-3-5-12(19)21/h9,15H,3-8H2,1-2H3. The van der Waals surface area contributed by atoms with E-state index >= 15 is 0 Å². The number of carbonyl (C=O) groups is 1. The minimum atomic E-state index is 0.283. The highest BCUT2D eigenvalue weighted by molar-refractivity contribution is 5.78. The van der Waals surface area contributed by atoms with E-state index in [2.05, 4.69) is 20.6 Å². The molecule has 1 N–H and O–H groups in total. The van der Waals surface area contributed by atoms with Crippen LogP contribution in [0.5, 0.6) is 0 Å². The number of hydrogen-bond acceptors (Lipinski definition) is 5. The van der Waals surface area contributed by atoms with Crippen molar-refractivity contribution in [1.29, 1.82) is 0 Å². The summed E-state index contributed by atoms with van der Waals surface area (Å²) >= 11 is 0. The molecule has 0 atom stereocenters. The third-order valence-corrected chi connectivity index (χ3v) is 4.01. The number of amides is 1. The summed E-state index contributed by atoms with van der Waals surface area (Å²) in [6.07, 6.45) is 4.23. The molecule has 0 unspecified atom stereocenters. The molecule has 112 valence electrons. The predicted octanol–water partition coefficient (Wildman–Crippen LogP) is 1.17. The molecule has 7 nitrogen and oxygen atoms in total. The molecule has 2 aromatic heterocycles. The Morgan fingerprint density at radius 3 is 3.00 bits per heavy atom. The van der Waals surface area contributed by atoms with Crippen LogP contribution in [0.1, 0.15) is 30.5 Å². The molecule has 0 radical (unpaired) electrons. The Bertz CT molecular complexity index is 665. The lowest BCUT2D eigenvalue weighted by atomic mass is 10.2. The van der Waals surface area contributed by atoms with E-state index in [1.807, 2.05) is 18.7 Å². The molecular formula is C14H20N6O. The van der Waals surface area contributed by atoms with Crippen molar-refractivity contribution >= 4 is 17.2 Å². The fourth-order valence-electron chi connectivity index (χ4n) is 2.69. The lowest BCUT2D eigenvalue weighted by molar-refractivity contribution is -0.127. The summed E-state index contributed by atoms with van der Waals surface area (Å²) < 4.78 is 1.69. The summed E-state index contributed by atoms with van der Waals surface area (Å²) in [5, 5.41) is 15.8. The number of nitrogens with zero attached hydrogens (tertiary/aromatic N) is 5. The molecule has 3 heterocycles. The van der Waals surface area contributed by atoms with Crippen molar-refractivity contribution in [3.8, 4) is 0 Å². The number of anilines is 1. The lowest BCUT2D eigenvalue weighted by Crippen LogP contribution is -2.27. The van der Waals surface area contributed by atoms with E-state index in [4.69, 9.17) is 0 Å². The molecule has 0 saturated carbocycles. The van der Waals surface area contributed by atoms with Gasteiger partial charge in [-0.25, -0.2) is 0 Å². The number of fused-ring (bicyclic) bond motifs is 1. The Labute approximate surface area is 123 Å². The van der Waals surface area contributed by atoms with Crippen LogP contribution >= 0.6 is 0 Å². The van der Waals surface area contributed by atoms with Gasteiger partial charge in [0.05, 0.1) is 11.4 Å². The zero-order valence-electron chi connectivity index (χ0n) is 12.5. The Kier molecular flexibility index (Phi) is 3.72. The first-order valence-corrected chi connectivity index (χ1v) is 7.35. The van der Waals surface area contributed by atoms with Crippen LogP contribution < -0.4 is 5.32 Å². The van der Waals surface area contributed by atoms with Gasteiger partial charge in [-0.1, -0.05) is 0 Å². The molecule has 7 heteroatoms. The van der Waals surface area contributed by atoms with Gasteiger partial charge in [-0.15, -0.1) is 10.2 Å². The second kappa shape index (κ2) is 5.67. The number of likely N-dealkylation sites (tertiary alicyclic amines) is 1. The summed E-state index contributed by atoms with van der Waals surface area (Å²) in [5.41, 5.74) is 3.77. The molecule has 0 aliphatic carbocycles. The van der Waals surface area contributed by atoms with Crippen LogP contribution in [0.4, 0.5) is 5.69 Å². The maximum atomic E-state index is 11.6. The largest absolute Gasteiger partial charge is 0.382 e. The molecule has 1 fully saturated rings. The Morgan fingerprint density at radius 1 is 1.38 bits per heavy atom. The normalized spacial score (nSPS) is 15.1. The van der Waals surface area contributed by atoms with Gasteiger partial charge in [0.15, 0.2) is 0 Å². The van der Waals surface area contributed by atoms with Crippen LogP contribution in [0, 0.1) is 13.8 Å². The van der Waals surface area contributed by atoms with Crippen molar-refractivity contribution in [2.45, 2.75) is 33.1 Å². The highest BCUT2D eigenvalue weighted by Gasteiger charge is 2.19. The van der Waals surface area contributed by atoms with Gasteiger partial charge in [0.2, 0.25) is 11.6 Å². The van der Waals surface area contributed by atoms with E-state index in [-0.39, 0.29) is 5.91 Å². The number of hydrogen-bond donors (Lipinski definition) is 1. The molecule has 2 aromatic rings. The zero-order valence-corrected chi connectivity index (χ0v) is 12.5. The summed E-state index contributed by atoms with van der Waals surface area (Å²) in [5.74, 6) is 0.283. The first kappa shape index (κ1) is 13.8. The molecular weight excluding hydrogens is 268 g/mol. The highest BCUT2D eigenvalue weighted by atomic mass is 16.2. The van der Waals surface area contributed by atoms with E-state index in [0.29, 0.717) is 6.42 Å². The second-order valence-corrected chi connectivity index (χ2v) is 5.45. The molecule has 21 heavy (non-hydrogen) atoms. The fraction of sp³-hybridized carbons (Fsp3) is 0.571. The smallest absolute Gasteiger partial charge is 0.222 e. The van der Waals surface area contributed by atoms with E-state index in [1.54, 1.807) is 10.8 Å². The minimum Gasteiger partial charge on any atom is -0.382 e. The van der Waals surface area contributed by atoms with Crippen LogP contribution in [0.3, 0.4) is 0 Å². The van der Waals surface area contributed by atoms with Crippen molar-refractivity contribution < 1.29 is 4.79 Å². The fourth-order valence-corrected chi connectivity index (χ4v) is 2.69. The summed E-state index contributed by atoms with van der Waals surface area (Å²) in [6, 6.07) is 0. The Balaban J connectivity index is 1.64. The number of aromatic nitrogens is 4. The van der Waals surface area contributed by atoms with E-state index < -0.39 is 0 Å². The number of carbonyl (C=O) groups excluding carboxylic acids is 1. The van der Waals surface area contributed by atoms with Crippen LogP contribution in [0.15, 0.2) is 6.33 Å². The topological polar surface area (TPSA) is 75.4 Å².